The van der Waals surface area contributed by atoms with E-state index in [1.54, 1.807) is 31.2 Å². The number of urea groups is 2. The van der Waals surface area contributed by atoms with Crippen molar-refractivity contribution >= 4 is 47.0 Å². The first-order valence-corrected chi connectivity index (χ1v) is 20.8. The lowest BCUT2D eigenvalue weighted by Gasteiger charge is -2.20. The number of anilines is 4. The third-order valence-corrected chi connectivity index (χ3v) is 9.49. The van der Waals surface area contributed by atoms with Gasteiger partial charge in [-0.05, 0) is 90.6 Å². The molecule has 0 aliphatic rings. The molecule has 0 spiro atoms. The van der Waals surface area contributed by atoms with Gasteiger partial charge in [0.15, 0.2) is 0 Å². The van der Waals surface area contributed by atoms with Gasteiger partial charge in [0.1, 0.15) is 12.7 Å². The molecule has 4 aromatic carbocycles. The van der Waals surface area contributed by atoms with Crippen LogP contribution in [0.2, 0.25) is 0 Å². The van der Waals surface area contributed by atoms with E-state index in [9.17, 15) is 19.2 Å². The molecule has 4 aromatic rings. The lowest BCUT2D eigenvalue weighted by molar-refractivity contribution is 0.0651. The van der Waals surface area contributed by atoms with Crippen molar-refractivity contribution in [2.24, 2.45) is 0 Å². The quantitative estimate of drug-likeness (QED) is 0.0456. The Kier molecular flexibility index (Phi) is 21.6. The first-order chi connectivity index (χ1) is 30.5. The van der Waals surface area contributed by atoms with Crippen molar-refractivity contribution < 1.29 is 49.1 Å². The van der Waals surface area contributed by atoms with E-state index in [0.717, 1.165) is 22.3 Å². The van der Waals surface area contributed by atoms with Crippen molar-refractivity contribution in [2.45, 2.75) is 25.9 Å². The Morgan fingerprint density at radius 3 is 1.13 bits per heavy atom. The van der Waals surface area contributed by atoms with E-state index in [2.05, 4.69) is 31.9 Å². The number of benzene rings is 4. The molecular weight excluding hydrogens is 813 g/mol. The van der Waals surface area contributed by atoms with Crippen molar-refractivity contribution in [3.63, 3.8) is 0 Å². The maximum absolute atomic E-state index is 12.5. The second-order valence-electron chi connectivity index (χ2n) is 14.5. The largest absolute Gasteiger partial charge is 0.445 e. The lowest BCUT2D eigenvalue weighted by atomic mass is 10.0. The molecule has 63 heavy (non-hydrogen) atoms. The van der Waals surface area contributed by atoms with Crippen LogP contribution in [0.1, 0.15) is 29.2 Å². The summed E-state index contributed by atoms with van der Waals surface area (Å²) < 4.78 is 10.6. The van der Waals surface area contributed by atoms with E-state index >= 15 is 0 Å². The molecule has 18 heteroatoms. The van der Waals surface area contributed by atoms with Crippen molar-refractivity contribution in [1.29, 1.82) is 0 Å². The SMILES string of the molecule is CC(COC(=O)Nc1ccc(Cc2ccc(NC(=O)NCCN(CCO)CCO)cc2)cc1)OC(=O)Nc1ccc(Cc2ccc(NC(=O)NCCN(CCO)CCO)cc2)cc1. The summed E-state index contributed by atoms with van der Waals surface area (Å²) in [5.74, 6) is 0. The van der Waals surface area contributed by atoms with E-state index in [4.69, 9.17) is 29.9 Å². The van der Waals surface area contributed by atoms with Gasteiger partial charge in [-0.25, -0.2) is 19.2 Å². The number of carbonyl (C=O) groups excluding carboxylic acids is 4. The molecule has 0 aliphatic carbocycles. The van der Waals surface area contributed by atoms with Crippen molar-refractivity contribution in [3.05, 3.63) is 119 Å². The molecule has 340 valence electrons. The number of rotatable bonds is 25. The molecule has 0 saturated heterocycles. The van der Waals surface area contributed by atoms with E-state index in [1.807, 2.05) is 82.6 Å². The van der Waals surface area contributed by atoms with Gasteiger partial charge >= 0.3 is 24.2 Å². The Labute approximate surface area is 367 Å². The number of carbonyl (C=O) groups is 4. The first-order valence-electron chi connectivity index (χ1n) is 20.8. The van der Waals surface area contributed by atoms with Gasteiger partial charge in [0.25, 0.3) is 0 Å². The molecule has 0 heterocycles. The van der Waals surface area contributed by atoms with Gasteiger partial charge in [-0.15, -0.1) is 0 Å². The number of hydrogen-bond acceptors (Lipinski definition) is 12. The molecule has 18 nitrogen and oxygen atoms in total. The number of nitrogens with zero attached hydrogens (tertiary/aromatic N) is 2. The van der Waals surface area contributed by atoms with Crippen molar-refractivity contribution in [3.8, 4) is 0 Å². The second-order valence-corrected chi connectivity index (χ2v) is 14.5. The zero-order chi connectivity index (χ0) is 45.2. The van der Waals surface area contributed by atoms with Gasteiger partial charge in [-0.2, -0.15) is 0 Å². The summed E-state index contributed by atoms with van der Waals surface area (Å²) in [5, 5.41) is 52.9. The highest BCUT2D eigenvalue weighted by molar-refractivity contribution is 5.90. The highest BCUT2D eigenvalue weighted by atomic mass is 16.6. The van der Waals surface area contributed by atoms with E-state index < -0.39 is 18.3 Å². The zero-order valence-corrected chi connectivity index (χ0v) is 35.6. The maximum Gasteiger partial charge on any atom is 0.412 e. The number of aliphatic hydroxyl groups excluding tert-OH is 4. The Morgan fingerprint density at radius 2 is 0.794 bits per heavy atom. The van der Waals surface area contributed by atoms with Gasteiger partial charge in [0.2, 0.25) is 0 Å². The minimum atomic E-state index is -0.721. The van der Waals surface area contributed by atoms with E-state index in [-0.39, 0.29) is 45.1 Å². The predicted molar refractivity (Wildman–Crippen MR) is 241 cm³/mol. The van der Waals surface area contributed by atoms with Crippen LogP contribution in [0.15, 0.2) is 97.1 Å². The normalized spacial score (nSPS) is 11.4. The monoisotopic (exact) mass is 872 g/mol. The standard InChI is InChI=1S/C45H60N8O10/c1-33(63-45(61)51-41-16-8-37(9-17-41)31-35-4-12-39(13-5-35)49-43(59)47-19-21-53(24-28-56)25-29-57)32-62-44(60)50-40-14-6-36(7-15-40)30-34-2-10-38(11-3-34)48-42(58)46-18-20-52(22-26-54)23-27-55/h2-17,33,54-57H,18-32H2,1H3,(H,50,60)(H,51,61)(H2,46,48,58)(H2,47,49,59). The van der Waals surface area contributed by atoms with Crippen LogP contribution >= 0.6 is 0 Å². The van der Waals surface area contributed by atoms with Crippen LogP contribution < -0.4 is 31.9 Å². The molecule has 0 radical (unpaired) electrons. The minimum Gasteiger partial charge on any atom is -0.445 e. The first kappa shape index (κ1) is 49.4. The molecule has 10 N–H and O–H groups in total. The summed E-state index contributed by atoms with van der Waals surface area (Å²) in [4.78, 5) is 53.2. The topological polar surface area (TPSA) is 246 Å². The molecule has 0 aliphatic heterocycles. The summed E-state index contributed by atoms with van der Waals surface area (Å²) in [6, 6.07) is 28.8. The van der Waals surface area contributed by atoms with Gasteiger partial charge in [-0.3, -0.25) is 20.4 Å². The van der Waals surface area contributed by atoms with E-state index in [1.165, 1.54) is 0 Å². The Bertz CT molecular complexity index is 1960. The number of hydrogen-bond donors (Lipinski definition) is 10. The summed E-state index contributed by atoms with van der Waals surface area (Å²) >= 11 is 0. The smallest absolute Gasteiger partial charge is 0.412 e. The summed E-state index contributed by atoms with van der Waals surface area (Å²) in [5.41, 5.74) is 6.39. The van der Waals surface area contributed by atoms with Gasteiger partial charge in [0, 0.05) is 75.1 Å². The predicted octanol–water partition coefficient (Wildman–Crippen LogP) is 3.87. The van der Waals surface area contributed by atoms with Crippen molar-refractivity contribution in [2.75, 3.05) is 107 Å². The molecule has 1 unspecified atom stereocenters. The summed E-state index contributed by atoms with van der Waals surface area (Å²) in [7, 11) is 0. The van der Waals surface area contributed by atoms with Gasteiger partial charge < -0.3 is 51.2 Å². The third kappa shape index (κ3) is 19.5. The van der Waals surface area contributed by atoms with Gasteiger partial charge in [-0.1, -0.05) is 48.5 Å². The highest BCUT2D eigenvalue weighted by Crippen LogP contribution is 2.18. The molecule has 4 rings (SSSR count). The van der Waals surface area contributed by atoms with Crippen LogP contribution in [0.5, 0.6) is 0 Å². The molecule has 6 amide bonds. The summed E-state index contributed by atoms with van der Waals surface area (Å²) in [6.45, 7) is 4.79. The molecular formula is C45H60N8O10. The molecule has 0 fully saturated rings. The fourth-order valence-corrected chi connectivity index (χ4v) is 6.25. The minimum absolute atomic E-state index is 0.0231. The summed E-state index contributed by atoms with van der Waals surface area (Å²) in [6.07, 6.45) is -0.855. The van der Waals surface area contributed by atoms with Crippen LogP contribution in [0.25, 0.3) is 0 Å². The number of aliphatic hydroxyl groups is 4. The number of ether oxygens (including phenoxy) is 2. The van der Waals surface area contributed by atoms with Crippen LogP contribution in [-0.4, -0.2) is 146 Å². The number of amides is 6. The Hall–Kier alpha value is -6.28. The Morgan fingerprint density at radius 1 is 0.476 bits per heavy atom. The lowest BCUT2D eigenvalue weighted by Crippen LogP contribution is -2.39. The molecule has 1 atom stereocenters. The second kappa shape index (κ2) is 27.6. The molecule has 0 aromatic heterocycles. The van der Waals surface area contributed by atoms with Crippen molar-refractivity contribution in [1.82, 2.24) is 20.4 Å². The van der Waals surface area contributed by atoms with Crippen LogP contribution in [0, 0.1) is 0 Å². The third-order valence-electron chi connectivity index (χ3n) is 9.49. The highest BCUT2D eigenvalue weighted by Gasteiger charge is 2.14. The van der Waals surface area contributed by atoms with Crippen LogP contribution in [0.3, 0.4) is 0 Å². The maximum atomic E-state index is 12.5. The Balaban J connectivity index is 1.09. The average molecular weight is 873 g/mol. The van der Waals surface area contributed by atoms with E-state index in [0.29, 0.717) is 87.9 Å². The average Bonchev–Trinajstić information content (AvgIpc) is 3.26. The fourth-order valence-electron chi connectivity index (χ4n) is 6.25. The van der Waals surface area contributed by atoms with Crippen LogP contribution in [-0.2, 0) is 22.3 Å². The molecule has 0 bridgehead atoms. The molecule has 0 saturated carbocycles. The van der Waals surface area contributed by atoms with Crippen LogP contribution in [0.4, 0.5) is 41.9 Å². The zero-order valence-electron chi connectivity index (χ0n) is 35.6. The fraction of sp³-hybridized carbons (Fsp3) is 0.378. The number of nitrogens with one attached hydrogen (secondary N) is 6. The van der Waals surface area contributed by atoms with Gasteiger partial charge in [0.05, 0.1) is 26.4 Å².